The molecular formula is C17H22N4O5. The molecule has 0 atom stereocenters. The first-order valence-corrected chi connectivity index (χ1v) is 8.74. The van der Waals surface area contributed by atoms with Crippen LogP contribution in [0.2, 0.25) is 0 Å². The smallest absolute Gasteiger partial charge is 0.312 e. The van der Waals surface area contributed by atoms with Crippen molar-refractivity contribution in [2.24, 2.45) is 0 Å². The Bertz CT molecular complexity index is 673. The predicted octanol–water partition coefficient (Wildman–Crippen LogP) is -0.697. The lowest BCUT2D eigenvalue weighted by Crippen LogP contribution is -2.55. The van der Waals surface area contributed by atoms with Gasteiger partial charge in [-0.25, -0.2) is 0 Å². The fourth-order valence-electron chi connectivity index (χ4n) is 3.11. The van der Waals surface area contributed by atoms with Gasteiger partial charge in [-0.05, 0) is 25.0 Å². The highest BCUT2D eigenvalue weighted by Crippen LogP contribution is 2.10. The number of carbonyl (C=O) groups is 4. The van der Waals surface area contributed by atoms with Crippen LogP contribution in [0.4, 0.5) is 0 Å². The van der Waals surface area contributed by atoms with Crippen LogP contribution in [0, 0.1) is 0 Å². The van der Waals surface area contributed by atoms with Gasteiger partial charge in [-0.15, -0.1) is 0 Å². The van der Waals surface area contributed by atoms with E-state index in [1.165, 1.54) is 17.2 Å². The van der Waals surface area contributed by atoms with Crippen LogP contribution in [-0.2, 0) is 14.4 Å². The van der Waals surface area contributed by atoms with Crippen LogP contribution < -0.4 is 5.32 Å². The average molecular weight is 362 g/mol. The van der Waals surface area contributed by atoms with Crippen molar-refractivity contribution in [1.82, 2.24) is 20.0 Å². The molecule has 0 radical (unpaired) electrons. The second kappa shape index (κ2) is 8.03. The van der Waals surface area contributed by atoms with Gasteiger partial charge in [0.15, 0.2) is 5.76 Å². The molecule has 140 valence electrons. The quantitative estimate of drug-likeness (QED) is 0.717. The highest BCUT2D eigenvalue weighted by atomic mass is 16.3. The van der Waals surface area contributed by atoms with E-state index in [4.69, 9.17) is 4.42 Å². The maximum absolute atomic E-state index is 12.3. The summed E-state index contributed by atoms with van der Waals surface area (Å²) >= 11 is 0. The first kappa shape index (κ1) is 18.0. The summed E-state index contributed by atoms with van der Waals surface area (Å²) in [4.78, 5) is 53.0. The van der Waals surface area contributed by atoms with Crippen molar-refractivity contribution in [3.8, 4) is 0 Å². The van der Waals surface area contributed by atoms with Crippen molar-refractivity contribution >= 4 is 23.6 Å². The van der Waals surface area contributed by atoms with Gasteiger partial charge in [-0.3, -0.25) is 19.2 Å². The molecule has 2 saturated heterocycles. The Morgan fingerprint density at radius 1 is 0.885 bits per heavy atom. The number of nitrogens with zero attached hydrogens (tertiary/aromatic N) is 3. The van der Waals surface area contributed by atoms with Gasteiger partial charge in [0, 0.05) is 39.3 Å². The van der Waals surface area contributed by atoms with E-state index in [-0.39, 0.29) is 18.2 Å². The van der Waals surface area contributed by atoms with Crippen LogP contribution in [-0.4, -0.2) is 84.1 Å². The molecule has 2 aliphatic rings. The Labute approximate surface area is 150 Å². The summed E-state index contributed by atoms with van der Waals surface area (Å²) in [5.41, 5.74) is 0. The van der Waals surface area contributed by atoms with Crippen LogP contribution in [0.1, 0.15) is 23.4 Å². The van der Waals surface area contributed by atoms with Gasteiger partial charge in [0.25, 0.3) is 5.91 Å². The SMILES string of the molecule is O=C(NCC(=O)N1CCN(C(=O)C(=O)N2CCCC2)CC1)c1ccco1. The van der Waals surface area contributed by atoms with Gasteiger partial charge in [-0.1, -0.05) is 0 Å². The number of likely N-dealkylation sites (tertiary alicyclic amines) is 1. The molecule has 2 aliphatic heterocycles. The lowest BCUT2D eigenvalue weighted by molar-refractivity contribution is -0.153. The summed E-state index contributed by atoms with van der Waals surface area (Å²) in [6.45, 7) is 2.45. The largest absolute Gasteiger partial charge is 0.459 e. The van der Waals surface area contributed by atoms with Crippen LogP contribution in [0.25, 0.3) is 0 Å². The van der Waals surface area contributed by atoms with E-state index in [2.05, 4.69) is 5.32 Å². The molecule has 3 heterocycles. The number of hydrogen-bond acceptors (Lipinski definition) is 5. The Kier molecular flexibility index (Phi) is 5.55. The van der Waals surface area contributed by atoms with Crippen molar-refractivity contribution in [3.63, 3.8) is 0 Å². The van der Waals surface area contributed by atoms with Crippen LogP contribution in [0.3, 0.4) is 0 Å². The summed E-state index contributed by atoms with van der Waals surface area (Å²) in [5, 5.41) is 2.51. The highest BCUT2D eigenvalue weighted by Gasteiger charge is 2.31. The molecule has 1 aromatic heterocycles. The number of nitrogens with one attached hydrogen (secondary N) is 1. The molecule has 26 heavy (non-hydrogen) atoms. The Balaban J connectivity index is 1.42. The van der Waals surface area contributed by atoms with Crippen LogP contribution >= 0.6 is 0 Å². The number of hydrogen-bond donors (Lipinski definition) is 1. The van der Waals surface area contributed by atoms with Crippen molar-refractivity contribution in [2.75, 3.05) is 45.8 Å². The zero-order chi connectivity index (χ0) is 18.5. The molecule has 1 N–H and O–H groups in total. The zero-order valence-corrected chi connectivity index (χ0v) is 14.5. The second-order valence-corrected chi connectivity index (χ2v) is 6.33. The van der Waals surface area contributed by atoms with Gasteiger partial charge < -0.3 is 24.4 Å². The zero-order valence-electron chi connectivity index (χ0n) is 14.5. The Morgan fingerprint density at radius 2 is 1.46 bits per heavy atom. The summed E-state index contributed by atoms with van der Waals surface area (Å²) in [5.74, 6) is -1.48. The molecular weight excluding hydrogens is 340 g/mol. The lowest BCUT2D eigenvalue weighted by atomic mass is 10.3. The second-order valence-electron chi connectivity index (χ2n) is 6.33. The Morgan fingerprint density at radius 3 is 2.04 bits per heavy atom. The normalized spacial score (nSPS) is 17.3. The van der Waals surface area contributed by atoms with Gasteiger partial charge in [0.05, 0.1) is 12.8 Å². The van der Waals surface area contributed by atoms with Crippen LogP contribution in [0.5, 0.6) is 0 Å². The topological polar surface area (TPSA) is 103 Å². The van der Waals surface area contributed by atoms with Gasteiger partial charge >= 0.3 is 11.8 Å². The maximum atomic E-state index is 12.3. The fraction of sp³-hybridized carbons (Fsp3) is 0.529. The van der Waals surface area contributed by atoms with Crippen molar-refractivity contribution < 1.29 is 23.6 Å². The van der Waals surface area contributed by atoms with E-state index in [1.54, 1.807) is 15.9 Å². The van der Waals surface area contributed by atoms with Gasteiger partial charge in [0.2, 0.25) is 5.91 Å². The van der Waals surface area contributed by atoms with E-state index < -0.39 is 17.7 Å². The standard InChI is InChI=1S/C17H22N4O5/c22-14(12-18-15(23)13-4-3-11-26-13)19-7-9-21(10-8-19)17(25)16(24)20-5-1-2-6-20/h3-4,11H,1-2,5-10,12H2,(H,18,23). The molecule has 0 unspecified atom stereocenters. The monoisotopic (exact) mass is 362 g/mol. The molecule has 0 bridgehead atoms. The van der Waals surface area contributed by atoms with Gasteiger partial charge in [0.1, 0.15) is 0 Å². The maximum Gasteiger partial charge on any atom is 0.312 e. The minimum Gasteiger partial charge on any atom is -0.459 e. The van der Waals surface area contributed by atoms with E-state index in [0.29, 0.717) is 39.3 Å². The van der Waals surface area contributed by atoms with Crippen LogP contribution in [0.15, 0.2) is 22.8 Å². The average Bonchev–Trinajstić information content (AvgIpc) is 3.38. The van der Waals surface area contributed by atoms with E-state index in [9.17, 15) is 19.2 Å². The summed E-state index contributed by atoms with van der Waals surface area (Å²) in [6.07, 6.45) is 3.26. The van der Waals surface area contributed by atoms with E-state index >= 15 is 0 Å². The number of piperazine rings is 1. The molecule has 0 aliphatic carbocycles. The van der Waals surface area contributed by atoms with Gasteiger partial charge in [-0.2, -0.15) is 0 Å². The third-order valence-corrected chi connectivity index (χ3v) is 4.64. The molecule has 9 nitrogen and oxygen atoms in total. The molecule has 0 spiro atoms. The van der Waals surface area contributed by atoms with Crippen molar-refractivity contribution in [1.29, 1.82) is 0 Å². The number of carbonyl (C=O) groups excluding carboxylic acids is 4. The molecule has 9 heteroatoms. The lowest BCUT2D eigenvalue weighted by Gasteiger charge is -2.35. The third kappa shape index (κ3) is 4.04. The van der Waals surface area contributed by atoms with E-state index in [0.717, 1.165) is 12.8 Å². The fourth-order valence-corrected chi connectivity index (χ4v) is 3.11. The molecule has 0 aromatic carbocycles. The molecule has 1 aromatic rings. The summed E-state index contributed by atoms with van der Waals surface area (Å²) < 4.78 is 4.96. The molecule has 0 saturated carbocycles. The number of amides is 4. The predicted molar refractivity (Wildman–Crippen MR) is 90.0 cm³/mol. The summed E-state index contributed by atoms with van der Waals surface area (Å²) in [7, 11) is 0. The number of furan rings is 1. The van der Waals surface area contributed by atoms with Crippen molar-refractivity contribution in [2.45, 2.75) is 12.8 Å². The first-order valence-electron chi connectivity index (χ1n) is 8.74. The van der Waals surface area contributed by atoms with Crippen molar-refractivity contribution in [3.05, 3.63) is 24.2 Å². The first-order chi connectivity index (χ1) is 12.6. The molecule has 2 fully saturated rings. The summed E-state index contributed by atoms with van der Waals surface area (Å²) in [6, 6.07) is 3.11. The highest BCUT2D eigenvalue weighted by molar-refractivity contribution is 6.35. The minimum absolute atomic E-state index is 0.139. The third-order valence-electron chi connectivity index (χ3n) is 4.64. The molecule has 3 rings (SSSR count). The van der Waals surface area contributed by atoms with E-state index in [1.807, 2.05) is 0 Å². The molecule has 4 amide bonds. The number of rotatable bonds is 3. The Hall–Kier alpha value is -2.84. The minimum atomic E-state index is -0.495.